The molecular weight excluding hydrogens is 262 g/mol. The SMILES string of the molecule is CCCCN(C)C(=O)c1cc(Br)cs1. The van der Waals surface area contributed by atoms with Crippen LogP contribution in [-0.2, 0) is 0 Å². The second kappa shape index (κ2) is 5.51. The Morgan fingerprint density at radius 1 is 1.64 bits per heavy atom. The van der Waals surface area contributed by atoms with Crippen molar-refractivity contribution in [3.63, 3.8) is 0 Å². The van der Waals surface area contributed by atoms with Crippen molar-refractivity contribution in [1.29, 1.82) is 0 Å². The summed E-state index contributed by atoms with van der Waals surface area (Å²) in [7, 11) is 1.85. The molecule has 0 bridgehead atoms. The molecule has 1 heterocycles. The molecule has 78 valence electrons. The third-order valence-electron chi connectivity index (χ3n) is 1.97. The van der Waals surface area contributed by atoms with Crippen LogP contribution in [0.5, 0.6) is 0 Å². The van der Waals surface area contributed by atoms with E-state index < -0.39 is 0 Å². The first kappa shape index (κ1) is 11.7. The molecule has 14 heavy (non-hydrogen) atoms. The molecule has 4 heteroatoms. The summed E-state index contributed by atoms with van der Waals surface area (Å²) in [5, 5.41) is 1.93. The summed E-state index contributed by atoms with van der Waals surface area (Å²) in [6.07, 6.45) is 2.18. The fourth-order valence-electron chi connectivity index (χ4n) is 1.11. The first-order valence-corrected chi connectivity index (χ1v) is 6.32. The maximum atomic E-state index is 11.8. The fraction of sp³-hybridized carbons (Fsp3) is 0.500. The lowest BCUT2D eigenvalue weighted by Gasteiger charge is -2.15. The highest BCUT2D eigenvalue weighted by molar-refractivity contribution is 9.10. The summed E-state index contributed by atoms with van der Waals surface area (Å²) < 4.78 is 0.981. The van der Waals surface area contributed by atoms with Crippen molar-refractivity contribution < 1.29 is 4.79 Å². The van der Waals surface area contributed by atoms with Crippen LogP contribution in [0.15, 0.2) is 15.9 Å². The predicted octanol–water partition coefficient (Wildman–Crippen LogP) is 3.38. The topological polar surface area (TPSA) is 20.3 Å². The predicted molar refractivity (Wildman–Crippen MR) is 63.9 cm³/mol. The highest BCUT2D eigenvalue weighted by atomic mass is 79.9. The summed E-state index contributed by atoms with van der Waals surface area (Å²) in [4.78, 5) is 14.4. The van der Waals surface area contributed by atoms with Gasteiger partial charge in [-0.1, -0.05) is 13.3 Å². The van der Waals surface area contributed by atoms with Crippen molar-refractivity contribution in [3.8, 4) is 0 Å². The van der Waals surface area contributed by atoms with Crippen LogP contribution in [0.2, 0.25) is 0 Å². The van der Waals surface area contributed by atoms with Gasteiger partial charge < -0.3 is 4.90 Å². The van der Waals surface area contributed by atoms with Crippen LogP contribution in [0.3, 0.4) is 0 Å². The van der Waals surface area contributed by atoms with Gasteiger partial charge in [-0.05, 0) is 28.4 Å². The normalized spacial score (nSPS) is 10.2. The molecule has 0 aromatic carbocycles. The van der Waals surface area contributed by atoms with Crippen molar-refractivity contribution in [2.24, 2.45) is 0 Å². The zero-order valence-corrected chi connectivity index (χ0v) is 10.8. The summed E-state index contributed by atoms with van der Waals surface area (Å²) in [5.74, 6) is 0.120. The van der Waals surface area contributed by atoms with Gasteiger partial charge in [-0.15, -0.1) is 11.3 Å². The van der Waals surface area contributed by atoms with Gasteiger partial charge in [-0.25, -0.2) is 0 Å². The summed E-state index contributed by atoms with van der Waals surface area (Å²) in [6.45, 7) is 2.96. The van der Waals surface area contributed by atoms with Gasteiger partial charge in [0.15, 0.2) is 0 Å². The van der Waals surface area contributed by atoms with Gasteiger partial charge in [0.2, 0.25) is 0 Å². The van der Waals surface area contributed by atoms with E-state index in [2.05, 4.69) is 22.9 Å². The van der Waals surface area contributed by atoms with Gasteiger partial charge in [0.1, 0.15) is 0 Å². The van der Waals surface area contributed by atoms with E-state index >= 15 is 0 Å². The van der Waals surface area contributed by atoms with E-state index in [1.165, 1.54) is 11.3 Å². The molecule has 0 spiro atoms. The molecule has 1 rings (SSSR count). The third-order valence-corrected chi connectivity index (χ3v) is 3.65. The zero-order valence-electron chi connectivity index (χ0n) is 8.42. The molecule has 0 aliphatic heterocycles. The summed E-state index contributed by atoms with van der Waals surface area (Å²) in [5.41, 5.74) is 0. The molecule has 0 saturated heterocycles. The Balaban J connectivity index is 2.56. The van der Waals surface area contributed by atoms with E-state index in [1.807, 2.05) is 18.5 Å². The Morgan fingerprint density at radius 2 is 2.36 bits per heavy atom. The van der Waals surface area contributed by atoms with Crippen LogP contribution < -0.4 is 0 Å². The minimum Gasteiger partial charge on any atom is -0.341 e. The van der Waals surface area contributed by atoms with E-state index in [9.17, 15) is 4.79 Å². The average Bonchev–Trinajstić information content (AvgIpc) is 2.60. The van der Waals surface area contributed by atoms with Crippen LogP contribution >= 0.6 is 27.3 Å². The number of nitrogens with zero attached hydrogens (tertiary/aromatic N) is 1. The molecule has 0 N–H and O–H groups in total. The van der Waals surface area contributed by atoms with Gasteiger partial charge in [-0.2, -0.15) is 0 Å². The lowest BCUT2D eigenvalue weighted by molar-refractivity contribution is 0.0798. The van der Waals surface area contributed by atoms with Crippen LogP contribution in [0.25, 0.3) is 0 Å². The molecule has 0 unspecified atom stereocenters. The minimum atomic E-state index is 0.120. The molecule has 0 fully saturated rings. The molecule has 0 aliphatic rings. The van der Waals surface area contributed by atoms with E-state index in [4.69, 9.17) is 0 Å². The van der Waals surface area contributed by atoms with Crippen molar-refractivity contribution in [2.45, 2.75) is 19.8 Å². The van der Waals surface area contributed by atoms with E-state index in [0.717, 1.165) is 28.7 Å². The van der Waals surface area contributed by atoms with E-state index in [0.29, 0.717) is 0 Å². The molecule has 0 saturated carbocycles. The maximum absolute atomic E-state index is 11.8. The Bertz CT molecular complexity index is 311. The zero-order chi connectivity index (χ0) is 10.6. The quantitative estimate of drug-likeness (QED) is 0.825. The Labute approximate surface area is 97.1 Å². The molecular formula is C10H14BrNOS. The monoisotopic (exact) mass is 275 g/mol. The summed E-state index contributed by atoms with van der Waals surface area (Å²) >= 11 is 4.82. The van der Waals surface area contributed by atoms with Crippen molar-refractivity contribution in [1.82, 2.24) is 4.90 Å². The van der Waals surface area contributed by atoms with Crippen LogP contribution in [0.1, 0.15) is 29.4 Å². The average molecular weight is 276 g/mol. The summed E-state index contributed by atoms with van der Waals surface area (Å²) in [6, 6.07) is 1.87. The van der Waals surface area contributed by atoms with Crippen LogP contribution in [0, 0.1) is 0 Å². The van der Waals surface area contributed by atoms with Gasteiger partial charge in [0.05, 0.1) is 4.88 Å². The van der Waals surface area contributed by atoms with Gasteiger partial charge in [-0.3, -0.25) is 4.79 Å². The highest BCUT2D eigenvalue weighted by Gasteiger charge is 2.12. The first-order valence-electron chi connectivity index (χ1n) is 4.64. The minimum absolute atomic E-state index is 0.120. The highest BCUT2D eigenvalue weighted by Crippen LogP contribution is 2.20. The number of rotatable bonds is 4. The third kappa shape index (κ3) is 3.10. The Kier molecular flexibility index (Phi) is 4.62. The number of carbonyl (C=O) groups excluding carboxylic acids is 1. The van der Waals surface area contributed by atoms with Crippen LogP contribution in [0.4, 0.5) is 0 Å². The Hall–Kier alpha value is -0.350. The largest absolute Gasteiger partial charge is 0.341 e. The maximum Gasteiger partial charge on any atom is 0.263 e. The van der Waals surface area contributed by atoms with E-state index in [1.54, 1.807) is 4.90 Å². The smallest absolute Gasteiger partial charge is 0.263 e. The van der Waals surface area contributed by atoms with Gasteiger partial charge in [0.25, 0.3) is 5.91 Å². The lowest BCUT2D eigenvalue weighted by atomic mass is 10.3. The van der Waals surface area contributed by atoms with Gasteiger partial charge in [0, 0.05) is 23.4 Å². The standard InChI is InChI=1S/C10H14BrNOS/c1-3-4-5-12(2)10(13)9-6-8(11)7-14-9/h6-7H,3-5H2,1-2H3. The van der Waals surface area contributed by atoms with Crippen LogP contribution in [-0.4, -0.2) is 24.4 Å². The molecule has 0 aliphatic carbocycles. The number of amides is 1. The Morgan fingerprint density at radius 3 is 2.86 bits per heavy atom. The van der Waals surface area contributed by atoms with Gasteiger partial charge >= 0.3 is 0 Å². The second-order valence-electron chi connectivity index (χ2n) is 3.21. The van der Waals surface area contributed by atoms with Crippen molar-refractivity contribution in [3.05, 3.63) is 20.8 Å². The molecule has 0 atom stereocenters. The first-order chi connectivity index (χ1) is 6.65. The number of hydrogen-bond acceptors (Lipinski definition) is 2. The molecule has 1 aromatic rings. The number of thiophene rings is 1. The van der Waals surface area contributed by atoms with Crippen molar-refractivity contribution >= 4 is 33.2 Å². The lowest BCUT2D eigenvalue weighted by Crippen LogP contribution is -2.26. The molecule has 2 nitrogen and oxygen atoms in total. The molecule has 1 aromatic heterocycles. The number of halogens is 1. The fourth-order valence-corrected chi connectivity index (χ4v) is 2.53. The molecule has 0 radical (unpaired) electrons. The number of unbranched alkanes of at least 4 members (excludes halogenated alkanes) is 1. The second-order valence-corrected chi connectivity index (χ2v) is 5.04. The number of hydrogen-bond donors (Lipinski definition) is 0. The van der Waals surface area contributed by atoms with Crippen molar-refractivity contribution in [2.75, 3.05) is 13.6 Å². The molecule has 1 amide bonds. The number of carbonyl (C=O) groups is 1. The van der Waals surface area contributed by atoms with E-state index in [-0.39, 0.29) is 5.91 Å².